The molecule has 1 atom stereocenters. The van der Waals surface area contributed by atoms with Gasteiger partial charge in [-0.05, 0) is 24.6 Å². The molecule has 1 unspecified atom stereocenters. The van der Waals surface area contributed by atoms with Crippen molar-refractivity contribution in [3.05, 3.63) is 22.7 Å². The molecule has 0 heterocycles. The van der Waals surface area contributed by atoms with Crippen molar-refractivity contribution in [2.75, 3.05) is 17.7 Å². The molecule has 0 saturated heterocycles. The number of anilines is 1. The molecule has 0 saturated carbocycles. The van der Waals surface area contributed by atoms with Gasteiger partial charge in [-0.1, -0.05) is 11.6 Å². The molecule has 0 fully saturated rings. The van der Waals surface area contributed by atoms with Crippen LogP contribution in [-0.2, 0) is 0 Å². The number of aromatic hydroxyl groups is 1. The van der Waals surface area contributed by atoms with Gasteiger partial charge in [-0.25, -0.2) is 0 Å². The predicted molar refractivity (Wildman–Crippen MR) is 63.1 cm³/mol. The van der Waals surface area contributed by atoms with Gasteiger partial charge in [-0.3, -0.25) is 0 Å². The Labute approximate surface area is 98.6 Å². The van der Waals surface area contributed by atoms with Crippen LogP contribution in [0.4, 0.5) is 5.69 Å². The quantitative estimate of drug-likeness (QED) is 0.568. The first kappa shape index (κ1) is 12.4. The fourth-order valence-corrected chi connectivity index (χ4v) is 1.36. The minimum absolute atomic E-state index is 0.110. The van der Waals surface area contributed by atoms with Gasteiger partial charge >= 0.3 is 0 Å². The second-order valence-electron chi connectivity index (χ2n) is 3.31. The van der Waals surface area contributed by atoms with Gasteiger partial charge in [0, 0.05) is 11.6 Å². The van der Waals surface area contributed by atoms with Gasteiger partial charge in [0.2, 0.25) is 0 Å². The van der Waals surface area contributed by atoms with E-state index in [9.17, 15) is 10.2 Å². The molecule has 0 aliphatic heterocycles. The zero-order valence-corrected chi connectivity index (χ0v) is 9.81. The summed E-state index contributed by atoms with van der Waals surface area (Å²) in [6.45, 7) is 2.08. The molecule has 0 spiro atoms. The maximum Gasteiger partial charge on any atom is 0.139 e. The summed E-state index contributed by atoms with van der Waals surface area (Å²) in [6.07, 6.45) is -0.647. The summed E-state index contributed by atoms with van der Waals surface area (Å²) in [6, 6.07) is 3.19. The van der Waals surface area contributed by atoms with Crippen LogP contribution in [0.25, 0.3) is 0 Å². The van der Waals surface area contributed by atoms with Crippen LogP contribution in [0.3, 0.4) is 0 Å². The fraction of sp³-hybridized carbons (Fsp3) is 0.400. The predicted octanol–water partition coefficient (Wildman–Crippen LogP) is 2.37. The third-order valence-corrected chi connectivity index (χ3v) is 2.75. The first-order valence-corrected chi connectivity index (χ1v) is 5.43. The number of phenols is 1. The zero-order chi connectivity index (χ0) is 11.4. The van der Waals surface area contributed by atoms with Crippen LogP contribution in [0, 0.1) is 6.92 Å². The number of halogens is 2. The average molecular weight is 250 g/mol. The third-order valence-electron chi connectivity index (χ3n) is 1.98. The van der Waals surface area contributed by atoms with E-state index in [0.29, 0.717) is 10.7 Å². The molecule has 1 aromatic rings. The third kappa shape index (κ3) is 3.45. The molecule has 0 aliphatic rings. The number of rotatable bonds is 4. The highest BCUT2D eigenvalue weighted by atomic mass is 35.5. The molecule has 1 aromatic carbocycles. The molecular formula is C10H13Cl2NO2. The van der Waals surface area contributed by atoms with E-state index in [0.717, 1.165) is 5.56 Å². The number of aliphatic hydroxyl groups excluding tert-OH is 1. The summed E-state index contributed by atoms with van der Waals surface area (Å²) < 4.78 is 0. The van der Waals surface area contributed by atoms with Crippen molar-refractivity contribution in [2.24, 2.45) is 0 Å². The topological polar surface area (TPSA) is 52.5 Å². The molecule has 1 rings (SSSR count). The largest absolute Gasteiger partial charge is 0.506 e. The second kappa shape index (κ2) is 5.45. The van der Waals surface area contributed by atoms with Crippen LogP contribution >= 0.6 is 23.2 Å². The number of aryl methyl sites for hydroxylation is 1. The van der Waals surface area contributed by atoms with E-state index in [4.69, 9.17) is 23.2 Å². The number of nitrogens with one attached hydrogen (secondary N) is 1. The van der Waals surface area contributed by atoms with Crippen LogP contribution < -0.4 is 5.32 Å². The SMILES string of the molecule is Cc1cc(O)c(NCC(O)CCl)cc1Cl. The smallest absolute Gasteiger partial charge is 0.139 e. The molecule has 84 valence electrons. The van der Waals surface area contributed by atoms with E-state index in [1.807, 2.05) is 0 Å². The highest BCUT2D eigenvalue weighted by molar-refractivity contribution is 6.31. The standard InChI is InChI=1S/C10H13Cl2NO2/c1-6-2-10(15)9(3-8(6)12)13-5-7(14)4-11/h2-3,7,13-15H,4-5H2,1H3. The summed E-state index contributed by atoms with van der Waals surface area (Å²) >= 11 is 11.3. The summed E-state index contributed by atoms with van der Waals surface area (Å²) in [7, 11) is 0. The lowest BCUT2D eigenvalue weighted by molar-refractivity contribution is 0.211. The molecule has 5 heteroatoms. The van der Waals surface area contributed by atoms with Crippen molar-refractivity contribution in [1.29, 1.82) is 0 Å². The number of hydrogen-bond donors (Lipinski definition) is 3. The number of alkyl halides is 1. The Morgan fingerprint density at radius 1 is 1.47 bits per heavy atom. The van der Waals surface area contributed by atoms with Gasteiger partial charge in [-0.15, -0.1) is 11.6 Å². The van der Waals surface area contributed by atoms with Crippen molar-refractivity contribution in [2.45, 2.75) is 13.0 Å². The molecule has 0 bridgehead atoms. The zero-order valence-electron chi connectivity index (χ0n) is 8.30. The molecule has 15 heavy (non-hydrogen) atoms. The maximum absolute atomic E-state index is 9.57. The molecule has 3 N–H and O–H groups in total. The lowest BCUT2D eigenvalue weighted by atomic mass is 10.2. The van der Waals surface area contributed by atoms with Crippen LogP contribution in [0.2, 0.25) is 5.02 Å². The maximum atomic E-state index is 9.57. The Morgan fingerprint density at radius 2 is 2.13 bits per heavy atom. The Balaban J connectivity index is 2.73. The van der Waals surface area contributed by atoms with Gasteiger partial charge < -0.3 is 15.5 Å². The molecule has 0 aliphatic carbocycles. The first-order chi connectivity index (χ1) is 7.04. The molecular weight excluding hydrogens is 237 g/mol. The number of aliphatic hydroxyl groups is 1. The number of phenolic OH excluding ortho intramolecular Hbond substituents is 1. The Hall–Kier alpha value is -0.640. The van der Waals surface area contributed by atoms with E-state index >= 15 is 0 Å². The van der Waals surface area contributed by atoms with Crippen LogP contribution in [0.15, 0.2) is 12.1 Å². The van der Waals surface area contributed by atoms with Gasteiger partial charge in [-0.2, -0.15) is 0 Å². The lowest BCUT2D eigenvalue weighted by Gasteiger charge is -2.12. The van der Waals surface area contributed by atoms with Gasteiger partial charge in [0.05, 0.1) is 17.7 Å². The normalized spacial score (nSPS) is 12.5. The Morgan fingerprint density at radius 3 is 2.73 bits per heavy atom. The van der Waals surface area contributed by atoms with Crippen molar-refractivity contribution in [3.63, 3.8) is 0 Å². The van der Waals surface area contributed by atoms with Crippen molar-refractivity contribution < 1.29 is 10.2 Å². The molecule has 0 aromatic heterocycles. The second-order valence-corrected chi connectivity index (χ2v) is 4.02. The van der Waals surface area contributed by atoms with Crippen LogP contribution in [0.5, 0.6) is 5.75 Å². The lowest BCUT2D eigenvalue weighted by Crippen LogP contribution is -2.20. The number of benzene rings is 1. The summed E-state index contributed by atoms with van der Waals surface area (Å²) in [4.78, 5) is 0. The molecule has 3 nitrogen and oxygen atoms in total. The van der Waals surface area contributed by atoms with E-state index in [-0.39, 0.29) is 18.2 Å². The minimum Gasteiger partial charge on any atom is -0.506 e. The Bertz CT molecular complexity index is 344. The van der Waals surface area contributed by atoms with Gasteiger partial charge in [0.25, 0.3) is 0 Å². The Kier molecular flexibility index (Phi) is 4.51. The molecule has 0 amide bonds. The summed E-state index contributed by atoms with van der Waals surface area (Å²) in [5.41, 5.74) is 1.30. The number of hydrogen-bond acceptors (Lipinski definition) is 3. The average Bonchev–Trinajstić information content (AvgIpc) is 2.21. The van der Waals surface area contributed by atoms with E-state index in [1.165, 1.54) is 0 Å². The summed E-state index contributed by atoms with van der Waals surface area (Å²) in [5, 5.41) is 22.2. The van der Waals surface area contributed by atoms with Crippen molar-refractivity contribution >= 4 is 28.9 Å². The van der Waals surface area contributed by atoms with Crippen molar-refractivity contribution in [1.82, 2.24) is 0 Å². The van der Waals surface area contributed by atoms with Gasteiger partial charge in [0.15, 0.2) is 0 Å². The van der Waals surface area contributed by atoms with E-state index < -0.39 is 6.10 Å². The summed E-state index contributed by atoms with van der Waals surface area (Å²) in [5.74, 6) is 0.256. The van der Waals surface area contributed by atoms with E-state index in [2.05, 4.69) is 5.32 Å². The van der Waals surface area contributed by atoms with Gasteiger partial charge in [0.1, 0.15) is 5.75 Å². The highest BCUT2D eigenvalue weighted by Gasteiger charge is 2.07. The van der Waals surface area contributed by atoms with Crippen molar-refractivity contribution in [3.8, 4) is 5.75 Å². The fourth-order valence-electron chi connectivity index (χ4n) is 1.09. The van der Waals surface area contributed by atoms with E-state index in [1.54, 1.807) is 19.1 Å². The molecule has 0 radical (unpaired) electrons. The first-order valence-electron chi connectivity index (χ1n) is 4.51. The van der Waals surface area contributed by atoms with Crippen LogP contribution in [0.1, 0.15) is 5.56 Å². The highest BCUT2D eigenvalue weighted by Crippen LogP contribution is 2.29. The minimum atomic E-state index is -0.647. The van der Waals surface area contributed by atoms with Crippen LogP contribution in [-0.4, -0.2) is 28.7 Å². The monoisotopic (exact) mass is 249 g/mol.